The standard InChI is InChI=1S/C9H19NS/c1-3-5-6-7-9(4-2)10-8-11/h8-9H,3-7H2,1-2H3,(H,10,11). The molecule has 0 aliphatic rings. The number of nitrogens with one attached hydrogen (secondary N) is 1. The van der Waals surface area contributed by atoms with Crippen molar-refractivity contribution in [3.63, 3.8) is 0 Å². The fourth-order valence-electron chi connectivity index (χ4n) is 1.14. The van der Waals surface area contributed by atoms with Gasteiger partial charge in [0.15, 0.2) is 0 Å². The van der Waals surface area contributed by atoms with Gasteiger partial charge < -0.3 is 5.32 Å². The highest BCUT2D eigenvalue weighted by Crippen LogP contribution is 2.05. The van der Waals surface area contributed by atoms with E-state index in [2.05, 4.69) is 19.2 Å². The van der Waals surface area contributed by atoms with E-state index in [-0.39, 0.29) is 0 Å². The molecule has 0 spiro atoms. The van der Waals surface area contributed by atoms with Crippen molar-refractivity contribution in [2.45, 2.75) is 52.0 Å². The lowest BCUT2D eigenvalue weighted by Gasteiger charge is -2.13. The zero-order chi connectivity index (χ0) is 8.53. The molecule has 1 atom stereocenters. The Morgan fingerprint density at radius 3 is 2.55 bits per heavy atom. The van der Waals surface area contributed by atoms with Gasteiger partial charge in [-0.2, -0.15) is 0 Å². The SMILES string of the molecule is CCCCCC(CC)NC=S. The molecule has 0 aromatic heterocycles. The van der Waals surface area contributed by atoms with E-state index >= 15 is 0 Å². The summed E-state index contributed by atoms with van der Waals surface area (Å²) in [7, 11) is 0. The summed E-state index contributed by atoms with van der Waals surface area (Å²) in [5.74, 6) is 0. The fraction of sp³-hybridized carbons (Fsp3) is 0.889. The number of hydrogen-bond acceptors (Lipinski definition) is 1. The van der Waals surface area contributed by atoms with Crippen molar-refractivity contribution < 1.29 is 0 Å². The topological polar surface area (TPSA) is 12.0 Å². The van der Waals surface area contributed by atoms with Crippen molar-refractivity contribution in [2.24, 2.45) is 0 Å². The van der Waals surface area contributed by atoms with E-state index in [1.54, 1.807) is 5.49 Å². The van der Waals surface area contributed by atoms with E-state index in [0.717, 1.165) is 0 Å². The van der Waals surface area contributed by atoms with Crippen molar-refractivity contribution in [1.29, 1.82) is 0 Å². The molecule has 0 saturated heterocycles. The van der Waals surface area contributed by atoms with Crippen LogP contribution in [0.25, 0.3) is 0 Å². The van der Waals surface area contributed by atoms with Crippen LogP contribution in [0.15, 0.2) is 0 Å². The van der Waals surface area contributed by atoms with Gasteiger partial charge in [0.1, 0.15) is 0 Å². The van der Waals surface area contributed by atoms with Crippen LogP contribution in [0.4, 0.5) is 0 Å². The van der Waals surface area contributed by atoms with Crippen LogP contribution in [0.1, 0.15) is 46.0 Å². The van der Waals surface area contributed by atoms with Gasteiger partial charge in [0.2, 0.25) is 0 Å². The van der Waals surface area contributed by atoms with E-state index in [1.165, 1.54) is 32.1 Å². The monoisotopic (exact) mass is 173 g/mol. The highest BCUT2D eigenvalue weighted by atomic mass is 32.1. The molecule has 66 valence electrons. The fourth-order valence-corrected chi connectivity index (χ4v) is 1.33. The number of rotatable bonds is 7. The molecule has 0 radical (unpaired) electrons. The number of unbranched alkanes of at least 4 members (excludes halogenated alkanes) is 2. The molecule has 0 aliphatic carbocycles. The molecular formula is C9H19NS. The van der Waals surface area contributed by atoms with Crippen LogP contribution in [-0.4, -0.2) is 11.5 Å². The van der Waals surface area contributed by atoms with E-state index in [9.17, 15) is 0 Å². The summed E-state index contributed by atoms with van der Waals surface area (Å²) in [6, 6.07) is 0.610. The molecule has 2 heteroatoms. The van der Waals surface area contributed by atoms with Gasteiger partial charge in [-0.3, -0.25) is 0 Å². The average Bonchev–Trinajstić information content (AvgIpc) is 2.03. The highest BCUT2D eigenvalue weighted by Gasteiger charge is 2.01. The first-order chi connectivity index (χ1) is 5.35. The minimum atomic E-state index is 0.610. The second kappa shape index (κ2) is 7.99. The molecule has 0 aromatic carbocycles. The molecule has 0 rings (SSSR count). The first kappa shape index (κ1) is 10.9. The maximum Gasteiger partial charge on any atom is 0.0617 e. The van der Waals surface area contributed by atoms with Crippen LogP contribution in [0.3, 0.4) is 0 Å². The van der Waals surface area contributed by atoms with Gasteiger partial charge in [-0.15, -0.1) is 0 Å². The smallest absolute Gasteiger partial charge is 0.0617 e. The maximum absolute atomic E-state index is 4.74. The van der Waals surface area contributed by atoms with E-state index in [4.69, 9.17) is 12.2 Å². The molecule has 0 saturated carbocycles. The summed E-state index contributed by atoms with van der Waals surface area (Å²) >= 11 is 4.74. The molecule has 0 heterocycles. The van der Waals surface area contributed by atoms with Crippen LogP contribution in [0, 0.1) is 0 Å². The molecule has 0 aromatic rings. The molecule has 0 amide bonds. The van der Waals surface area contributed by atoms with Crippen molar-refractivity contribution in [3.05, 3.63) is 0 Å². The molecule has 1 nitrogen and oxygen atoms in total. The first-order valence-corrected chi connectivity index (χ1v) is 5.02. The lowest BCUT2D eigenvalue weighted by atomic mass is 10.1. The molecule has 1 N–H and O–H groups in total. The summed E-state index contributed by atoms with van der Waals surface area (Å²) in [5, 5.41) is 3.18. The Bertz CT molecular complexity index is 93.6. The Kier molecular flexibility index (Phi) is 7.91. The highest BCUT2D eigenvalue weighted by molar-refractivity contribution is 7.78. The van der Waals surface area contributed by atoms with Gasteiger partial charge in [0.25, 0.3) is 0 Å². The van der Waals surface area contributed by atoms with Crippen LogP contribution >= 0.6 is 12.2 Å². The third-order valence-electron chi connectivity index (χ3n) is 1.95. The Balaban J connectivity index is 3.27. The molecule has 11 heavy (non-hydrogen) atoms. The summed E-state index contributed by atoms with van der Waals surface area (Å²) in [5.41, 5.74) is 1.64. The Morgan fingerprint density at radius 2 is 2.09 bits per heavy atom. The Labute approximate surface area is 75.6 Å². The third kappa shape index (κ3) is 6.29. The Morgan fingerprint density at radius 1 is 1.36 bits per heavy atom. The van der Waals surface area contributed by atoms with Crippen molar-refractivity contribution in [2.75, 3.05) is 0 Å². The van der Waals surface area contributed by atoms with Gasteiger partial charge in [-0.05, 0) is 12.8 Å². The minimum Gasteiger partial charge on any atom is -0.379 e. The summed E-state index contributed by atoms with van der Waals surface area (Å²) in [6.07, 6.45) is 6.41. The number of thiocarbonyl (C=S) groups is 1. The summed E-state index contributed by atoms with van der Waals surface area (Å²) in [6.45, 7) is 4.43. The van der Waals surface area contributed by atoms with Crippen LogP contribution < -0.4 is 5.32 Å². The van der Waals surface area contributed by atoms with E-state index in [1.807, 2.05) is 0 Å². The normalized spacial score (nSPS) is 12.5. The van der Waals surface area contributed by atoms with Crippen molar-refractivity contribution >= 4 is 17.7 Å². The van der Waals surface area contributed by atoms with Gasteiger partial charge in [0, 0.05) is 6.04 Å². The van der Waals surface area contributed by atoms with E-state index < -0.39 is 0 Å². The Hall–Kier alpha value is -0.110. The number of hydrogen-bond donors (Lipinski definition) is 1. The third-order valence-corrected chi connectivity index (χ3v) is 2.09. The summed E-state index contributed by atoms with van der Waals surface area (Å²) < 4.78 is 0. The largest absolute Gasteiger partial charge is 0.379 e. The van der Waals surface area contributed by atoms with Crippen LogP contribution in [0.2, 0.25) is 0 Å². The zero-order valence-corrected chi connectivity index (χ0v) is 8.41. The van der Waals surface area contributed by atoms with Crippen LogP contribution in [0.5, 0.6) is 0 Å². The maximum atomic E-state index is 4.74. The van der Waals surface area contributed by atoms with Gasteiger partial charge in [-0.1, -0.05) is 45.3 Å². The molecule has 0 bridgehead atoms. The van der Waals surface area contributed by atoms with Gasteiger partial charge in [-0.25, -0.2) is 0 Å². The predicted octanol–water partition coefficient (Wildman–Crippen LogP) is 2.89. The lowest BCUT2D eigenvalue weighted by Crippen LogP contribution is -2.25. The van der Waals surface area contributed by atoms with E-state index in [0.29, 0.717) is 6.04 Å². The second-order valence-corrected chi connectivity index (χ2v) is 3.12. The minimum absolute atomic E-state index is 0.610. The van der Waals surface area contributed by atoms with Crippen LogP contribution in [-0.2, 0) is 0 Å². The van der Waals surface area contributed by atoms with Gasteiger partial charge >= 0.3 is 0 Å². The molecule has 0 aliphatic heterocycles. The molecular weight excluding hydrogens is 154 g/mol. The van der Waals surface area contributed by atoms with Crippen molar-refractivity contribution in [3.8, 4) is 0 Å². The zero-order valence-electron chi connectivity index (χ0n) is 7.60. The van der Waals surface area contributed by atoms with Crippen molar-refractivity contribution in [1.82, 2.24) is 5.32 Å². The van der Waals surface area contributed by atoms with Gasteiger partial charge in [0.05, 0.1) is 5.49 Å². The predicted molar refractivity (Wildman–Crippen MR) is 55.0 cm³/mol. The second-order valence-electron chi connectivity index (χ2n) is 2.89. The average molecular weight is 173 g/mol. The molecule has 1 unspecified atom stereocenters. The lowest BCUT2D eigenvalue weighted by molar-refractivity contribution is 0.514. The first-order valence-electron chi connectivity index (χ1n) is 4.54. The summed E-state index contributed by atoms with van der Waals surface area (Å²) in [4.78, 5) is 0. The molecule has 0 fully saturated rings. The quantitative estimate of drug-likeness (QED) is 0.469.